The molecule has 3 fully saturated rings. The van der Waals surface area contributed by atoms with Gasteiger partial charge in [-0.15, -0.1) is 0 Å². The van der Waals surface area contributed by atoms with Crippen LogP contribution in [0.1, 0.15) is 39.5 Å². The summed E-state index contributed by atoms with van der Waals surface area (Å²) in [6.45, 7) is 5.84. The van der Waals surface area contributed by atoms with Crippen molar-refractivity contribution in [3.63, 3.8) is 0 Å². The lowest BCUT2D eigenvalue weighted by Gasteiger charge is -2.56. The first-order valence-electron chi connectivity index (χ1n) is 7.65. The lowest BCUT2D eigenvalue weighted by molar-refractivity contribution is -0.241. The third-order valence-corrected chi connectivity index (χ3v) is 5.96. The molecule has 0 N–H and O–H groups in total. The van der Waals surface area contributed by atoms with Crippen LogP contribution in [0.25, 0.3) is 0 Å². The molecule has 1 saturated heterocycles. The Morgan fingerprint density at radius 3 is 2.74 bits per heavy atom. The second kappa shape index (κ2) is 3.70. The minimum atomic E-state index is -0.367. The van der Waals surface area contributed by atoms with Crippen molar-refractivity contribution in [2.75, 3.05) is 13.2 Å². The van der Waals surface area contributed by atoms with Gasteiger partial charge in [-0.2, -0.15) is 0 Å². The van der Waals surface area contributed by atoms with Crippen LogP contribution in [0.3, 0.4) is 0 Å². The molecule has 19 heavy (non-hydrogen) atoms. The first-order chi connectivity index (χ1) is 9.12. The summed E-state index contributed by atoms with van der Waals surface area (Å²) in [6.07, 6.45) is 6.27. The summed E-state index contributed by atoms with van der Waals surface area (Å²) < 4.78 is 12.0. The van der Waals surface area contributed by atoms with E-state index in [0.717, 1.165) is 31.3 Å². The van der Waals surface area contributed by atoms with E-state index in [1.165, 1.54) is 0 Å². The Kier molecular flexibility index (Phi) is 2.36. The molecule has 0 aromatic rings. The zero-order chi connectivity index (χ0) is 13.3. The number of fused-ring (bicyclic) bond motifs is 5. The average Bonchev–Trinajstić information content (AvgIpc) is 2.99. The van der Waals surface area contributed by atoms with Gasteiger partial charge in [-0.25, -0.2) is 0 Å². The van der Waals surface area contributed by atoms with E-state index in [1.54, 1.807) is 0 Å². The molecular weight excluding hydrogens is 240 g/mol. The quantitative estimate of drug-likeness (QED) is 0.767. The molecule has 0 aromatic carbocycles. The van der Waals surface area contributed by atoms with Crippen molar-refractivity contribution in [1.29, 1.82) is 0 Å². The molecule has 4 rings (SSSR count). The van der Waals surface area contributed by atoms with Crippen molar-refractivity contribution in [2.24, 2.45) is 23.2 Å². The van der Waals surface area contributed by atoms with Crippen LogP contribution in [0.2, 0.25) is 0 Å². The molecule has 2 saturated carbocycles. The summed E-state index contributed by atoms with van der Waals surface area (Å²) in [5.41, 5.74) is 1.18. The highest BCUT2D eigenvalue weighted by atomic mass is 16.7. The average molecular weight is 262 g/mol. The molecule has 104 valence electrons. The zero-order valence-corrected chi connectivity index (χ0v) is 11.8. The number of ketones is 1. The van der Waals surface area contributed by atoms with Crippen LogP contribution in [0.4, 0.5) is 0 Å². The summed E-state index contributed by atoms with van der Waals surface area (Å²) in [4.78, 5) is 12.6. The molecule has 1 heterocycles. The van der Waals surface area contributed by atoms with E-state index in [0.29, 0.717) is 30.8 Å². The van der Waals surface area contributed by atoms with Gasteiger partial charge in [-0.3, -0.25) is 4.79 Å². The van der Waals surface area contributed by atoms with Crippen LogP contribution >= 0.6 is 0 Å². The number of allylic oxidation sites excluding steroid dienone is 2. The van der Waals surface area contributed by atoms with Gasteiger partial charge in [0.1, 0.15) is 0 Å². The molecule has 0 bridgehead atoms. The van der Waals surface area contributed by atoms with Gasteiger partial charge in [0.2, 0.25) is 0 Å². The van der Waals surface area contributed by atoms with Gasteiger partial charge in [-0.05, 0) is 29.7 Å². The molecule has 0 radical (unpaired) electrons. The smallest absolute Gasteiger partial charge is 0.172 e. The number of hydrogen-bond donors (Lipinski definition) is 0. The van der Waals surface area contributed by atoms with Crippen LogP contribution in [0, 0.1) is 23.2 Å². The molecule has 1 spiro atoms. The Bertz CT molecular complexity index is 461. The molecule has 1 aliphatic heterocycles. The first-order valence-corrected chi connectivity index (χ1v) is 7.65. The molecule has 4 aliphatic rings. The van der Waals surface area contributed by atoms with Crippen molar-refractivity contribution in [1.82, 2.24) is 0 Å². The van der Waals surface area contributed by atoms with Gasteiger partial charge in [0.15, 0.2) is 11.6 Å². The molecule has 0 unspecified atom stereocenters. The predicted octanol–water partition coefficient (Wildman–Crippen LogP) is 2.70. The normalized spacial score (nSPS) is 46.1. The van der Waals surface area contributed by atoms with Gasteiger partial charge in [0.25, 0.3) is 0 Å². The van der Waals surface area contributed by atoms with Crippen LogP contribution in [-0.4, -0.2) is 24.8 Å². The summed E-state index contributed by atoms with van der Waals surface area (Å²) in [7, 11) is 0. The maximum absolute atomic E-state index is 12.6. The Balaban J connectivity index is 1.68. The number of Topliss-reactive ketones (excluding diaryl/α,β-unsaturated/α-hetero) is 1. The van der Waals surface area contributed by atoms with Gasteiger partial charge in [0, 0.05) is 18.3 Å². The predicted molar refractivity (Wildman–Crippen MR) is 70.4 cm³/mol. The van der Waals surface area contributed by atoms with Crippen molar-refractivity contribution in [3.05, 3.63) is 11.6 Å². The van der Waals surface area contributed by atoms with Crippen LogP contribution < -0.4 is 0 Å². The Morgan fingerprint density at radius 2 is 2.05 bits per heavy atom. The monoisotopic (exact) mass is 262 g/mol. The fraction of sp³-hybridized carbons (Fsp3) is 0.812. The summed E-state index contributed by atoms with van der Waals surface area (Å²) in [5.74, 6) is 1.03. The minimum absolute atomic E-state index is 0.109. The highest BCUT2D eigenvalue weighted by Crippen LogP contribution is 2.72. The SMILES string of the molecule is CCCC1=C[C@H]2[C@@H]3C4(CC[C@]3(C)[C@H]2C1=O)OCCO4. The van der Waals surface area contributed by atoms with Crippen LogP contribution in [0.15, 0.2) is 11.6 Å². The van der Waals surface area contributed by atoms with Crippen molar-refractivity contribution < 1.29 is 14.3 Å². The van der Waals surface area contributed by atoms with E-state index in [9.17, 15) is 4.79 Å². The highest BCUT2D eigenvalue weighted by Gasteiger charge is 2.74. The standard InChI is InChI=1S/C16H22O3/c1-3-4-10-9-11-12(13(10)17)15(2)5-6-16(14(11)15)18-7-8-19-16/h9,11-12,14H,3-8H2,1-2H3/t11-,12-,14+,15-/m1/s1. The number of carbonyl (C=O) groups excluding carboxylic acids is 1. The van der Waals surface area contributed by atoms with Gasteiger partial charge >= 0.3 is 0 Å². The lowest BCUT2D eigenvalue weighted by atomic mass is 9.48. The lowest BCUT2D eigenvalue weighted by Crippen LogP contribution is -2.59. The fourth-order valence-corrected chi connectivity index (χ4v) is 5.30. The third kappa shape index (κ3) is 1.28. The maximum Gasteiger partial charge on any atom is 0.172 e. The topological polar surface area (TPSA) is 35.5 Å². The van der Waals surface area contributed by atoms with Crippen LogP contribution in [-0.2, 0) is 14.3 Å². The first kappa shape index (κ1) is 12.1. The van der Waals surface area contributed by atoms with Gasteiger partial charge in [0.05, 0.1) is 13.2 Å². The van der Waals surface area contributed by atoms with E-state index in [2.05, 4.69) is 19.9 Å². The molecule has 0 aromatic heterocycles. The molecule has 3 aliphatic carbocycles. The Labute approximate surface area is 114 Å². The number of rotatable bonds is 2. The van der Waals surface area contributed by atoms with Crippen molar-refractivity contribution >= 4 is 5.78 Å². The van der Waals surface area contributed by atoms with E-state index in [-0.39, 0.29) is 17.1 Å². The zero-order valence-electron chi connectivity index (χ0n) is 11.8. The maximum atomic E-state index is 12.6. The number of ether oxygens (including phenoxy) is 2. The summed E-state index contributed by atoms with van der Waals surface area (Å²) in [6, 6.07) is 0. The van der Waals surface area contributed by atoms with E-state index < -0.39 is 0 Å². The van der Waals surface area contributed by atoms with E-state index >= 15 is 0 Å². The van der Waals surface area contributed by atoms with Crippen molar-refractivity contribution in [3.8, 4) is 0 Å². The number of hydrogen-bond acceptors (Lipinski definition) is 3. The molecule has 4 atom stereocenters. The number of carbonyl (C=O) groups is 1. The van der Waals surface area contributed by atoms with Crippen molar-refractivity contribution in [2.45, 2.75) is 45.3 Å². The largest absolute Gasteiger partial charge is 0.347 e. The Hall–Kier alpha value is -0.670. The van der Waals surface area contributed by atoms with Crippen LogP contribution in [0.5, 0.6) is 0 Å². The highest BCUT2D eigenvalue weighted by molar-refractivity contribution is 6.01. The molecule has 0 amide bonds. The second-order valence-electron chi connectivity index (χ2n) is 6.85. The fourth-order valence-electron chi connectivity index (χ4n) is 5.30. The molecule has 3 nitrogen and oxygen atoms in total. The minimum Gasteiger partial charge on any atom is -0.347 e. The molecule has 3 heteroatoms. The summed E-state index contributed by atoms with van der Waals surface area (Å²) >= 11 is 0. The van der Waals surface area contributed by atoms with E-state index in [1.807, 2.05) is 0 Å². The van der Waals surface area contributed by atoms with Gasteiger partial charge < -0.3 is 9.47 Å². The van der Waals surface area contributed by atoms with Gasteiger partial charge in [-0.1, -0.05) is 26.3 Å². The Morgan fingerprint density at radius 1 is 1.32 bits per heavy atom. The third-order valence-electron chi connectivity index (χ3n) is 5.96. The second-order valence-corrected chi connectivity index (χ2v) is 6.85. The van der Waals surface area contributed by atoms with E-state index in [4.69, 9.17) is 9.47 Å². The molecular formula is C16H22O3. The summed E-state index contributed by atoms with van der Waals surface area (Å²) in [5, 5.41) is 0.